The second kappa shape index (κ2) is 9.80. The van der Waals surface area contributed by atoms with Crippen molar-refractivity contribution in [1.29, 1.82) is 0 Å². The summed E-state index contributed by atoms with van der Waals surface area (Å²) in [4.78, 5) is 26.9. The number of ether oxygens (including phenoxy) is 1. The van der Waals surface area contributed by atoms with Gasteiger partial charge in [0.05, 0.1) is 23.1 Å². The Morgan fingerprint density at radius 3 is 2.67 bits per heavy atom. The number of aromatic amines is 2. The number of hydrogen-bond donors (Lipinski definition) is 2. The van der Waals surface area contributed by atoms with Crippen LogP contribution in [0.5, 0.6) is 5.75 Å². The first kappa shape index (κ1) is 23.3. The van der Waals surface area contributed by atoms with Crippen molar-refractivity contribution in [1.82, 2.24) is 40.0 Å². The highest BCUT2D eigenvalue weighted by atomic mass is 16.5. The van der Waals surface area contributed by atoms with Crippen molar-refractivity contribution in [2.45, 2.75) is 6.61 Å². The Labute approximate surface area is 224 Å². The van der Waals surface area contributed by atoms with Crippen molar-refractivity contribution >= 4 is 27.9 Å². The van der Waals surface area contributed by atoms with Crippen LogP contribution in [0.2, 0.25) is 0 Å². The van der Waals surface area contributed by atoms with E-state index in [9.17, 15) is 0 Å². The van der Waals surface area contributed by atoms with Gasteiger partial charge in [-0.2, -0.15) is 5.10 Å². The van der Waals surface area contributed by atoms with E-state index in [0.717, 1.165) is 70.9 Å². The minimum Gasteiger partial charge on any atom is -0.487 e. The first-order valence-corrected chi connectivity index (χ1v) is 13.0. The average molecular weight is 518 g/mol. The van der Waals surface area contributed by atoms with Crippen LogP contribution in [0.3, 0.4) is 0 Å². The Morgan fingerprint density at radius 1 is 0.923 bits per heavy atom. The molecule has 0 amide bonds. The summed E-state index contributed by atoms with van der Waals surface area (Å²) in [5, 5.41) is 7.65. The molecule has 10 heteroatoms. The summed E-state index contributed by atoms with van der Waals surface area (Å²) in [5.74, 6) is 1.32. The smallest absolute Gasteiger partial charge is 0.162 e. The number of benzene rings is 1. The molecule has 1 aliphatic heterocycles. The molecular weight excluding hydrogens is 490 g/mol. The molecule has 7 rings (SSSR count). The molecule has 0 unspecified atom stereocenters. The zero-order valence-electron chi connectivity index (χ0n) is 21.5. The normalized spacial score (nSPS) is 14.3. The molecule has 39 heavy (non-hydrogen) atoms. The lowest BCUT2D eigenvalue weighted by Gasteiger charge is -2.33. The summed E-state index contributed by atoms with van der Waals surface area (Å²) < 4.78 is 5.98. The number of pyridine rings is 3. The van der Waals surface area contributed by atoms with Crippen LogP contribution < -0.4 is 9.64 Å². The molecule has 2 N–H and O–H groups in total. The Kier molecular flexibility index (Phi) is 5.86. The topological polar surface area (TPSA) is 112 Å². The van der Waals surface area contributed by atoms with Crippen LogP contribution in [0.25, 0.3) is 45.0 Å². The lowest BCUT2D eigenvalue weighted by atomic mass is 10.1. The molecule has 1 fully saturated rings. The first-order valence-electron chi connectivity index (χ1n) is 13.0. The highest BCUT2D eigenvalue weighted by Gasteiger charge is 2.21. The van der Waals surface area contributed by atoms with E-state index in [1.54, 1.807) is 12.4 Å². The van der Waals surface area contributed by atoms with Crippen molar-refractivity contribution in [3.05, 3.63) is 78.8 Å². The Morgan fingerprint density at radius 2 is 1.79 bits per heavy atom. The van der Waals surface area contributed by atoms with Crippen molar-refractivity contribution in [3.63, 3.8) is 0 Å². The number of nitrogens with zero attached hydrogens (tertiary/aromatic N) is 7. The summed E-state index contributed by atoms with van der Waals surface area (Å²) >= 11 is 0. The van der Waals surface area contributed by atoms with Gasteiger partial charge in [0, 0.05) is 44.1 Å². The van der Waals surface area contributed by atoms with Crippen LogP contribution in [0.1, 0.15) is 5.56 Å². The number of aromatic nitrogens is 7. The fourth-order valence-corrected chi connectivity index (χ4v) is 4.92. The highest BCUT2D eigenvalue weighted by Crippen LogP contribution is 2.31. The Balaban J connectivity index is 1.20. The zero-order valence-corrected chi connectivity index (χ0v) is 21.5. The molecule has 1 aromatic carbocycles. The minimum absolute atomic E-state index is 0.473. The lowest BCUT2D eigenvalue weighted by molar-refractivity contribution is 0.305. The molecule has 0 aliphatic carbocycles. The van der Waals surface area contributed by atoms with E-state index in [1.807, 2.05) is 60.8 Å². The second-order valence-electron chi connectivity index (χ2n) is 9.75. The number of likely N-dealkylation sites (N-methyl/N-ethyl adjacent to an activating group) is 1. The monoisotopic (exact) mass is 517 g/mol. The maximum absolute atomic E-state index is 5.98. The van der Waals surface area contributed by atoms with Gasteiger partial charge in [-0.1, -0.05) is 30.3 Å². The predicted molar refractivity (Wildman–Crippen MR) is 150 cm³/mol. The lowest BCUT2D eigenvalue weighted by Crippen LogP contribution is -2.44. The van der Waals surface area contributed by atoms with E-state index in [0.29, 0.717) is 23.9 Å². The van der Waals surface area contributed by atoms with E-state index in [1.165, 1.54) is 0 Å². The molecule has 1 aliphatic rings. The Hall–Kier alpha value is -4.83. The van der Waals surface area contributed by atoms with Crippen LogP contribution in [0.15, 0.2) is 73.2 Å². The van der Waals surface area contributed by atoms with Crippen LogP contribution in [-0.4, -0.2) is 73.2 Å². The van der Waals surface area contributed by atoms with Crippen LogP contribution in [0, 0.1) is 0 Å². The van der Waals surface area contributed by atoms with Crippen molar-refractivity contribution < 1.29 is 4.74 Å². The number of piperazine rings is 1. The van der Waals surface area contributed by atoms with Crippen LogP contribution in [0.4, 0.5) is 5.69 Å². The number of imidazole rings is 1. The average Bonchev–Trinajstić information content (AvgIpc) is 3.61. The highest BCUT2D eigenvalue weighted by molar-refractivity contribution is 5.93. The minimum atomic E-state index is 0.473. The molecule has 0 atom stereocenters. The molecule has 0 spiro atoms. The fourth-order valence-electron chi connectivity index (χ4n) is 4.92. The van der Waals surface area contributed by atoms with Crippen LogP contribution >= 0.6 is 0 Å². The van der Waals surface area contributed by atoms with E-state index in [2.05, 4.69) is 42.0 Å². The molecule has 0 saturated carbocycles. The summed E-state index contributed by atoms with van der Waals surface area (Å²) in [7, 11) is 2.15. The summed E-state index contributed by atoms with van der Waals surface area (Å²) in [5.41, 5.74) is 7.60. The van der Waals surface area contributed by atoms with E-state index < -0.39 is 0 Å². The summed E-state index contributed by atoms with van der Waals surface area (Å²) in [6, 6.07) is 18.0. The maximum Gasteiger partial charge on any atom is 0.162 e. The molecule has 1 saturated heterocycles. The molecule has 10 nitrogen and oxygen atoms in total. The van der Waals surface area contributed by atoms with E-state index >= 15 is 0 Å². The number of rotatable bonds is 6. The maximum atomic E-state index is 5.98. The standard InChI is InChI=1S/C29H27N9O/c1-37-11-13-38(14-12-37)24-9-10-31-28-26(24)33-29(34-28)27-25-23(35-36-27)8-7-22(32-25)20-15-21(17-30-16-20)39-18-19-5-3-2-4-6-19/h2-10,15-17H,11-14,18H2,1H3,(H,35,36)(H,31,33,34). The molecular formula is C29H27N9O. The second-order valence-corrected chi connectivity index (χ2v) is 9.75. The van der Waals surface area contributed by atoms with Gasteiger partial charge in [-0.25, -0.2) is 15.0 Å². The van der Waals surface area contributed by atoms with E-state index in [4.69, 9.17) is 14.7 Å². The zero-order chi connectivity index (χ0) is 26.2. The third-order valence-electron chi connectivity index (χ3n) is 7.10. The van der Waals surface area contributed by atoms with E-state index in [-0.39, 0.29) is 0 Å². The molecule has 194 valence electrons. The number of hydrogen-bond acceptors (Lipinski definition) is 8. The first-order chi connectivity index (χ1) is 19.2. The van der Waals surface area contributed by atoms with Gasteiger partial charge < -0.3 is 19.5 Å². The third kappa shape index (κ3) is 4.55. The fraction of sp³-hybridized carbons (Fsp3) is 0.207. The van der Waals surface area contributed by atoms with Gasteiger partial charge in [-0.15, -0.1) is 0 Å². The van der Waals surface area contributed by atoms with Crippen molar-refractivity contribution in [3.8, 4) is 28.5 Å². The van der Waals surface area contributed by atoms with Crippen molar-refractivity contribution in [2.24, 2.45) is 0 Å². The number of H-pyrrole nitrogens is 2. The molecule has 0 radical (unpaired) electrons. The van der Waals surface area contributed by atoms with Gasteiger partial charge in [0.15, 0.2) is 17.2 Å². The van der Waals surface area contributed by atoms with Gasteiger partial charge in [0.25, 0.3) is 0 Å². The Bertz CT molecular complexity index is 1750. The van der Waals surface area contributed by atoms with Gasteiger partial charge in [0.1, 0.15) is 23.4 Å². The van der Waals surface area contributed by atoms with Crippen LogP contribution in [-0.2, 0) is 6.61 Å². The number of anilines is 1. The van der Waals surface area contributed by atoms with Gasteiger partial charge in [-0.3, -0.25) is 10.1 Å². The predicted octanol–water partition coefficient (Wildman–Crippen LogP) is 4.29. The summed E-state index contributed by atoms with van der Waals surface area (Å²) in [6.07, 6.45) is 5.33. The van der Waals surface area contributed by atoms with Gasteiger partial charge in [0.2, 0.25) is 0 Å². The molecule has 5 aromatic heterocycles. The third-order valence-corrected chi connectivity index (χ3v) is 7.10. The molecule has 0 bridgehead atoms. The number of nitrogens with one attached hydrogen (secondary N) is 2. The molecule has 6 aromatic rings. The van der Waals surface area contributed by atoms with Gasteiger partial charge in [-0.05, 0) is 36.9 Å². The largest absolute Gasteiger partial charge is 0.487 e. The summed E-state index contributed by atoms with van der Waals surface area (Å²) in [6.45, 7) is 4.42. The van der Waals surface area contributed by atoms with Gasteiger partial charge >= 0.3 is 0 Å². The molecule has 6 heterocycles. The number of fused-ring (bicyclic) bond motifs is 2. The SMILES string of the molecule is CN1CCN(c2ccnc3[nH]c(-c4n[nH]c5ccc(-c6cncc(OCc7ccccc7)c6)nc45)nc23)CC1. The quantitative estimate of drug-likeness (QED) is 0.337. The van der Waals surface area contributed by atoms with Crippen molar-refractivity contribution in [2.75, 3.05) is 38.1 Å².